The lowest BCUT2D eigenvalue weighted by molar-refractivity contribution is -0.384. The summed E-state index contributed by atoms with van der Waals surface area (Å²) in [5, 5.41) is 17.7. The molecule has 10 heteroatoms. The zero-order valence-electron chi connectivity index (χ0n) is 16.4. The van der Waals surface area contributed by atoms with Gasteiger partial charge in [-0.3, -0.25) is 14.9 Å². The zero-order chi connectivity index (χ0) is 22.0. The van der Waals surface area contributed by atoms with Crippen LogP contribution in [-0.2, 0) is 4.79 Å². The number of amides is 1. The van der Waals surface area contributed by atoms with Crippen LogP contribution in [0.5, 0.6) is 5.75 Å². The van der Waals surface area contributed by atoms with Gasteiger partial charge >= 0.3 is 0 Å². The second kappa shape index (κ2) is 8.68. The van der Waals surface area contributed by atoms with Crippen LogP contribution in [0.1, 0.15) is 18.5 Å². The largest absolute Gasteiger partial charge is 0.497 e. The van der Waals surface area contributed by atoms with Gasteiger partial charge in [0.1, 0.15) is 10.8 Å². The van der Waals surface area contributed by atoms with E-state index < -0.39 is 11.0 Å². The predicted molar refractivity (Wildman–Crippen MR) is 119 cm³/mol. The van der Waals surface area contributed by atoms with Gasteiger partial charge in [0.05, 0.1) is 23.6 Å². The Morgan fingerprint density at radius 3 is 2.57 bits per heavy atom. The van der Waals surface area contributed by atoms with Gasteiger partial charge in [0.15, 0.2) is 5.11 Å². The highest BCUT2D eigenvalue weighted by Gasteiger charge is 2.33. The Hall–Kier alpha value is -3.17. The van der Waals surface area contributed by atoms with Crippen molar-refractivity contribution in [2.75, 3.05) is 19.5 Å². The summed E-state index contributed by atoms with van der Waals surface area (Å²) in [5.74, 6) is 0.307. The number of carbonyl (C=O) groups is 1. The topological polar surface area (TPSA) is 96.7 Å². The first-order chi connectivity index (χ1) is 14.2. The number of ether oxygens (including phenoxy) is 1. The summed E-state index contributed by atoms with van der Waals surface area (Å²) in [5.41, 5.74) is 1.86. The molecule has 8 nitrogen and oxygen atoms in total. The number of halogens is 1. The molecule has 0 aromatic heterocycles. The van der Waals surface area contributed by atoms with Crippen molar-refractivity contribution in [3.05, 3.63) is 74.4 Å². The summed E-state index contributed by atoms with van der Waals surface area (Å²) < 4.78 is 5.13. The standard InChI is InChI=1S/C20H19ClN4O4S/c1-11-17(19(26)22-13-5-7-14(29-3)8-6-13)18(23-20(30)24(11)2)12-4-9-15(21)16(10-12)25(27)28/h4-10,18H,1-3H3,(H,22,26)(H,23,30). The van der Waals surface area contributed by atoms with Gasteiger partial charge in [-0.2, -0.15) is 0 Å². The average molecular weight is 447 g/mol. The highest BCUT2D eigenvalue weighted by molar-refractivity contribution is 7.80. The minimum Gasteiger partial charge on any atom is -0.497 e. The Kier molecular flexibility index (Phi) is 6.23. The minimum atomic E-state index is -0.678. The maximum atomic E-state index is 13.2. The second-order valence-electron chi connectivity index (χ2n) is 6.59. The lowest BCUT2D eigenvalue weighted by Crippen LogP contribution is -2.46. The summed E-state index contributed by atoms with van der Waals surface area (Å²) in [4.78, 5) is 25.6. The summed E-state index contributed by atoms with van der Waals surface area (Å²) in [6, 6.07) is 10.7. The van der Waals surface area contributed by atoms with Crippen molar-refractivity contribution in [1.82, 2.24) is 10.2 Å². The molecule has 0 saturated heterocycles. The van der Waals surface area contributed by atoms with Gasteiger partial charge in [-0.25, -0.2) is 0 Å². The minimum absolute atomic E-state index is 0.0178. The molecule has 1 atom stereocenters. The smallest absolute Gasteiger partial charge is 0.288 e. The number of nitrogens with zero attached hydrogens (tertiary/aromatic N) is 2. The van der Waals surface area contributed by atoms with Gasteiger partial charge in [0.25, 0.3) is 11.6 Å². The number of anilines is 1. The molecule has 30 heavy (non-hydrogen) atoms. The van der Waals surface area contributed by atoms with Crippen LogP contribution in [0.15, 0.2) is 53.7 Å². The number of hydrogen-bond acceptors (Lipinski definition) is 5. The van der Waals surface area contributed by atoms with E-state index in [1.807, 2.05) is 0 Å². The molecule has 2 N–H and O–H groups in total. The van der Waals surface area contributed by atoms with Crippen molar-refractivity contribution in [2.45, 2.75) is 13.0 Å². The Balaban J connectivity index is 2.01. The van der Waals surface area contributed by atoms with Crippen LogP contribution in [0.25, 0.3) is 0 Å². The molecule has 1 aliphatic heterocycles. The number of nitro benzene ring substituents is 1. The molecular weight excluding hydrogens is 428 g/mol. The molecule has 0 spiro atoms. The number of methoxy groups -OCH3 is 1. The van der Waals surface area contributed by atoms with Gasteiger partial charge < -0.3 is 20.3 Å². The molecule has 1 unspecified atom stereocenters. The third kappa shape index (κ3) is 4.22. The van der Waals surface area contributed by atoms with Crippen molar-refractivity contribution >= 4 is 46.2 Å². The van der Waals surface area contributed by atoms with Crippen molar-refractivity contribution < 1.29 is 14.5 Å². The summed E-state index contributed by atoms with van der Waals surface area (Å²) in [6.07, 6.45) is 0. The molecule has 1 aliphatic rings. The fourth-order valence-electron chi connectivity index (χ4n) is 3.10. The molecule has 0 aliphatic carbocycles. The summed E-state index contributed by atoms with van der Waals surface area (Å²) in [7, 11) is 3.30. The molecule has 0 fully saturated rings. The van der Waals surface area contributed by atoms with Gasteiger partial charge in [0.2, 0.25) is 0 Å². The molecular formula is C20H19ClN4O4S. The number of rotatable bonds is 5. The van der Waals surface area contributed by atoms with E-state index in [0.29, 0.717) is 33.4 Å². The Morgan fingerprint density at radius 2 is 1.97 bits per heavy atom. The van der Waals surface area contributed by atoms with Gasteiger partial charge in [-0.15, -0.1) is 0 Å². The summed E-state index contributed by atoms with van der Waals surface area (Å²) in [6.45, 7) is 1.77. The maximum absolute atomic E-state index is 13.2. The number of allylic oxidation sites excluding steroid dienone is 1. The first kappa shape index (κ1) is 21.5. The van der Waals surface area contributed by atoms with E-state index in [-0.39, 0.29) is 16.6 Å². The monoisotopic (exact) mass is 446 g/mol. The fraction of sp³-hybridized carbons (Fsp3) is 0.200. The molecule has 1 amide bonds. The fourth-order valence-corrected chi connectivity index (χ4v) is 3.54. The quantitative estimate of drug-likeness (QED) is 0.406. The molecule has 2 aromatic rings. The van der Waals surface area contributed by atoms with Crippen LogP contribution in [0.2, 0.25) is 5.02 Å². The van der Waals surface area contributed by atoms with E-state index in [2.05, 4.69) is 10.6 Å². The lowest BCUT2D eigenvalue weighted by Gasteiger charge is -2.35. The molecule has 156 valence electrons. The van der Waals surface area contributed by atoms with E-state index in [1.54, 1.807) is 56.3 Å². The molecule has 0 radical (unpaired) electrons. The van der Waals surface area contributed by atoms with E-state index in [9.17, 15) is 14.9 Å². The van der Waals surface area contributed by atoms with E-state index in [0.717, 1.165) is 0 Å². The third-order valence-electron chi connectivity index (χ3n) is 4.85. The maximum Gasteiger partial charge on any atom is 0.288 e. The average Bonchev–Trinajstić information content (AvgIpc) is 2.72. The van der Waals surface area contributed by atoms with Crippen LogP contribution < -0.4 is 15.4 Å². The SMILES string of the molecule is COc1ccc(NC(=O)C2=C(C)N(C)C(=S)NC2c2ccc(Cl)c([N+](=O)[O-])c2)cc1. The number of nitrogens with one attached hydrogen (secondary N) is 2. The molecule has 3 rings (SSSR count). The molecule has 0 bridgehead atoms. The van der Waals surface area contributed by atoms with Crippen LogP contribution in [-0.4, -0.2) is 35.0 Å². The highest BCUT2D eigenvalue weighted by atomic mass is 35.5. The van der Waals surface area contributed by atoms with Crippen LogP contribution in [0.3, 0.4) is 0 Å². The predicted octanol–water partition coefficient (Wildman–Crippen LogP) is 4.03. The van der Waals surface area contributed by atoms with Crippen LogP contribution in [0.4, 0.5) is 11.4 Å². The molecule has 2 aromatic carbocycles. The zero-order valence-corrected chi connectivity index (χ0v) is 18.0. The Bertz CT molecular complexity index is 1060. The van der Waals surface area contributed by atoms with Crippen LogP contribution >= 0.6 is 23.8 Å². The van der Waals surface area contributed by atoms with Gasteiger partial charge in [0, 0.05) is 24.5 Å². The van der Waals surface area contributed by atoms with Crippen molar-refractivity contribution in [1.29, 1.82) is 0 Å². The Labute approximate surface area is 183 Å². The van der Waals surface area contributed by atoms with E-state index in [1.165, 1.54) is 12.1 Å². The molecule has 0 saturated carbocycles. The number of nitro groups is 1. The van der Waals surface area contributed by atoms with Crippen LogP contribution in [0, 0.1) is 10.1 Å². The van der Waals surface area contributed by atoms with Crippen molar-refractivity contribution in [3.8, 4) is 5.75 Å². The number of hydrogen-bond donors (Lipinski definition) is 2. The lowest BCUT2D eigenvalue weighted by atomic mass is 9.94. The number of benzene rings is 2. The normalized spacial score (nSPS) is 16.2. The molecule has 1 heterocycles. The van der Waals surface area contributed by atoms with Crippen molar-refractivity contribution in [3.63, 3.8) is 0 Å². The first-order valence-corrected chi connectivity index (χ1v) is 9.65. The van der Waals surface area contributed by atoms with E-state index in [4.69, 9.17) is 28.6 Å². The van der Waals surface area contributed by atoms with Gasteiger partial charge in [-0.05, 0) is 55.0 Å². The highest BCUT2D eigenvalue weighted by Crippen LogP contribution is 2.34. The van der Waals surface area contributed by atoms with Crippen molar-refractivity contribution in [2.24, 2.45) is 0 Å². The van der Waals surface area contributed by atoms with Gasteiger partial charge in [-0.1, -0.05) is 17.7 Å². The first-order valence-electron chi connectivity index (χ1n) is 8.87. The third-order valence-corrected chi connectivity index (χ3v) is 5.56. The number of thiocarbonyl (C=S) groups is 1. The Morgan fingerprint density at radius 1 is 1.30 bits per heavy atom. The summed E-state index contributed by atoms with van der Waals surface area (Å²) >= 11 is 11.3. The number of carbonyl (C=O) groups excluding carboxylic acids is 1. The second-order valence-corrected chi connectivity index (χ2v) is 7.39. The van der Waals surface area contributed by atoms with E-state index >= 15 is 0 Å².